The topological polar surface area (TPSA) is 55.5 Å². The third-order valence-electron chi connectivity index (χ3n) is 2.65. The van der Waals surface area contributed by atoms with E-state index < -0.39 is 11.9 Å². The largest absolute Gasteiger partial charge is 0.490 e. The molecular weight excluding hydrogens is 313 g/mol. The van der Waals surface area contributed by atoms with Crippen LogP contribution in [0.3, 0.4) is 0 Å². The average Bonchev–Trinajstić information content (AvgIpc) is 2.40. The van der Waals surface area contributed by atoms with Crippen LogP contribution in [0.5, 0.6) is 5.75 Å². The Balaban J connectivity index is 2.02. The summed E-state index contributed by atoms with van der Waals surface area (Å²) in [6.45, 7) is 0.00921. The molecule has 0 aliphatic heterocycles. The van der Waals surface area contributed by atoms with Gasteiger partial charge in [0.05, 0.1) is 4.47 Å². The van der Waals surface area contributed by atoms with Crippen LogP contribution >= 0.6 is 15.9 Å². The maximum Gasteiger partial charge on any atom is 0.141 e. The molecule has 0 heterocycles. The van der Waals surface area contributed by atoms with E-state index in [2.05, 4.69) is 15.9 Å². The fourth-order valence-electron chi connectivity index (χ4n) is 1.65. The Hall–Kier alpha value is -1.59. The van der Waals surface area contributed by atoms with Gasteiger partial charge in [-0.1, -0.05) is 18.2 Å². The molecule has 0 aliphatic rings. The number of aliphatic hydroxyl groups is 1. The molecule has 3 nitrogen and oxygen atoms in total. The Morgan fingerprint density at radius 2 is 2.00 bits per heavy atom. The Kier molecular flexibility index (Phi) is 4.39. The van der Waals surface area contributed by atoms with E-state index in [1.54, 1.807) is 36.4 Å². The van der Waals surface area contributed by atoms with Crippen LogP contribution in [0.25, 0.3) is 0 Å². The van der Waals surface area contributed by atoms with E-state index in [4.69, 9.17) is 10.5 Å². The van der Waals surface area contributed by atoms with Crippen LogP contribution in [0.4, 0.5) is 10.1 Å². The number of ether oxygens (including phenoxy) is 1. The molecule has 0 spiro atoms. The summed E-state index contributed by atoms with van der Waals surface area (Å²) >= 11 is 3.06. The van der Waals surface area contributed by atoms with E-state index in [0.29, 0.717) is 21.5 Å². The smallest absolute Gasteiger partial charge is 0.141 e. The number of hydrogen-bond donors (Lipinski definition) is 2. The summed E-state index contributed by atoms with van der Waals surface area (Å²) in [4.78, 5) is 0. The lowest BCUT2D eigenvalue weighted by molar-refractivity contribution is 0.108. The number of para-hydroxylation sites is 1. The second-order valence-electron chi connectivity index (χ2n) is 4.03. The molecule has 0 aromatic heterocycles. The molecule has 3 N–H and O–H groups in total. The molecule has 0 aliphatic carbocycles. The second-order valence-corrected chi connectivity index (χ2v) is 4.89. The minimum atomic E-state index is -0.854. The summed E-state index contributed by atoms with van der Waals surface area (Å²) in [5.41, 5.74) is 6.85. The van der Waals surface area contributed by atoms with Crippen molar-refractivity contribution in [1.82, 2.24) is 0 Å². The van der Waals surface area contributed by atoms with Crippen LogP contribution in [0.2, 0.25) is 0 Å². The SMILES string of the molecule is Nc1ccccc1C(O)COc1ccc(Br)c(F)c1. The normalized spacial score (nSPS) is 12.2. The minimum absolute atomic E-state index is 0.00921. The van der Waals surface area contributed by atoms with E-state index >= 15 is 0 Å². The number of halogens is 2. The lowest BCUT2D eigenvalue weighted by atomic mass is 10.1. The maximum atomic E-state index is 13.3. The van der Waals surface area contributed by atoms with Gasteiger partial charge in [0, 0.05) is 17.3 Å². The molecule has 0 radical (unpaired) electrons. The van der Waals surface area contributed by atoms with Crippen LogP contribution in [0, 0.1) is 5.82 Å². The van der Waals surface area contributed by atoms with Crippen LogP contribution < -0.4 is 10.5 Å². The van der Waals surface area contributed by atoms with Crippen LogP contribution in [0.15, 0.2) is 46.9 Å². The van der Waals surface area contributed by atoms with Crippen molar-refractivity contribution < 1.29 is 14.2 Å². The first-order chi connectivity index (χ1) is 9.08. The molecule has 0 bridgehead atoms. The van der Waals surface area contributed by atoms with Crippen molar-refractivity contribution in [2.75, 3.05) is 12.3 Å². The Bertz CT molecular complexity index is 577. The first-order valence-corrected chi connectivity index (χ1v) is 6.47. The zero-order chi connectivity index (χ0) is 13.8. The van der Waals surface area contributed by atoms with Gasteiger partial charge in [-0.3, -0.25) is 0 Å². The molecule has 0 amide bonds. The van der Waals surface area contributed by atoms with Gasteiger partial charge in [-0.2, -0.15) is 0 Å². The van der Waals surface area contributed by atoms with Crippen LogP contribution in [-0.4, -0.2) is 11.7 Å². The van der Waals surface area contributed by atoms with Crippen LogP contribution in [0.1, 0.15) is 11.7 Å². The Morgan fingerprint density at radius 1 is 1.26 bits per heavy atom. The molecule has 19 heavy (non-hydrogen) atoms. The Morgan fingerprint density at radius 3 is 2.68 bits per heavy atom. The summed E-state index contributed by atoms with van der Waals surface area (Å²) in [6.07, 6.45) is -0.854. The van der Waals surface area contributed by atoms with Gasteiger partial charge in [-0.25, -0.2) is 4.39 Å². The maximum absolute atomic E-state index is 13.3. The number of aliphatic hydroxyl groups excluding tert-OH is 1. The highest BCUT2D eigenvalue weighted by molar-refractivity contribution is 9.10. The standard InChI is InChI=1S/C14H13BrFNO2/c15-11-6-5-9(7-12(11)16)19-8-14(18)10-3-1-2-4-13(10)17/h1-7,14,18H,8,17H2. The molecule has 1 unspecified atom stereocenters. The van der Waals surface area contributed by atoms with Crippen molar-refractivity contribution in [2.45, 2.75) is 6.10 Å². The Labute approximate surface area is 118 Å². The highest BCUT2D eigenvalue weighted by Gasteiger charge is 2.11. The lowest BCUT2D eigenvalue weighted by Crippen LogP contribution is -2.11. The fraction of sp³-hybridized carbons (Fsp3) is 0.143. The third kappa shape index (κ3) is 3.45. The number of nitrogens with two attached hydrogens (primary N) is 1. The monoisotopic (exact) mass is 325 g/mol. The van der Waals surface area contributed by atoms with Gasteiger partial charge in [0.15, 0.2) is 0 Å². The molecule has 0 saturated heterocycles. The van der Waals surface area contributed by atoms with Crippen molar-refractivity contribution in [3.8, 4) is 5.75 Å². The van der Waals surface area contributed by atoms with E-state index in [9.17, 15) is 9.50 Å². The molecule has 2 rings (SSSR count). The quantitative estimate of drug-likeness (QED) is 0.848. The molecule has 0 saturated carbocycles. The van der Waals surface area contributed by atoms with Crippen LogP contribution in [-0.2, 0) is 0 Å². The summed E-state index contributed by atoms with van der Waals surface area (Å²) in [7, 11) is 0. The third-order valence-corrected chi connectivity index (χ3v) is 3.30. The second kappa shape index (κ2) is 6.04. The number of anilines is 1. The van der Waals surface area contributed by atoms with E-state index in [1.807, 2.05) is 0 Å². The predicted molar refractivity (Wildman–Crippen MR) is 75.4 cm³/mol. The van der Waals surface area contributed by atoms with Crippen molar-refractivity contribution >= 4 is 21.6 Å². The lowest BCUT2D eigenvalue weighted by Gasteiger charge is -2.14. The van der Waals surface area contributed by atoms with Crippen molar-refractivity contribution in [2.24, 2.45) is 0 Å². The molecule has 5 heteroatoms. The summed E-state index contributed by atoms with van der Waals surface area (Å²) in [6, 6.07) is 11.4. The highest BCUT2D eigenvalue weighted by Crippen LogP contribution is 2.24. The van der Waals surface area contributed by atoms with Gasteiger partial charge in [-0.15, -0.1) is 0 Å². The van der Waals surface area contributed by atoms with E-state index in [-0.39, 0.29) is 6.61 Å². The molecule has 0 fully saturated rings. The molecular formula is C14H13BrFNO2. The zero-order valence-corrected chi connectivity index (χ0v) is 11.6. The van der Waals surface area contributed by atoms with Gasteiger partial charge in [-0.05, 0) is 34.1 Å². The first kappa shape index (κ1) is 13.8. The zero-order valence-electron chi connectivity index (χ0n) is 10.0. The average molecular weight is 326 g/mol. The molecule has 2 aromatic carbocycles. The number of benzene rings is 2. The molecule has 1 atom stereocenters. The van der Waals surface area contributed by atoms with Gasteiger partial charge >= 0.3 is 0 Å². The minimum Gasteiger partial charge on any atom is -0.490 e. The van der Waals surface area contributed by atoms with Crippen molar-refractivity contribution in [3.63, 3.8) is 0 Å². The predicted octanol–water partition coefficient (Wildman–Crippen LogP) is 3.28. The fourth-order valence-corrected chi connectivity index (χ4v) is 1.89. The summed E-state index contributed by atoms with van der Waals surface area (Å²) in [5, 5.41) is 9.98. The summed E-state index contributed by atoms with van der Waals surface area (Å²) < 4.78 is 19.0. The highest BCUT2D eigenvalue weighted by atomic mass is 79.9. The van der Waals surface area contributed by atoms with Crippen molar-refractivity contribution in [1.29, 1.82) is 0 Å². The van der Waals surface area contributed by atoms with Gasteiger partial charge < -0.3 is 15.6 Å². The van der Waals surface area contributed by atoms with Gasteiger partial charge in [0.2, 0.25) is 0 Å². The van der Waals surface area contributed by atoms with Crippen molar-refractivity contribution in [3.05, 3.63) is 58.3 Å². The van der Waals surface area contributed by atoms with Gasteiger partial charge in [0.25, 0.3) is 0 Å². The molecule has 100 valence electrons. The first-order valence-electron chi connectivity index (χ1n) is 5.68. The van der Waals surface area contributed by atoms with Gasteiger partial charge in [0.1, 0.15) is 24.3 Å². The number of nitrogen functional groups attached to an aromatic ring is 1. The number of rotatable bonds is 4. The summed E-state index contributed by atoms with van der Waals surface area (Å²) in [5.74, 6) is -0.0551. The molecule has 2 aromatic rings. The van der Waals surface area contributed by atoms with E-state index in [1.165, 1.54) is 6.07 Å². The number of hydrogen-bond acceptors (Lipinski definition) is 3. The van der Waals surface area contributed by atoms with E-state index in [0.717, 1.165) is 0 Å².